The van der Waals surface area contributed by atoms with Gasteiger partial charge in [-0.25, -0.2) is 4.68 Å². The van der Waals surface area contributed by atoms with E-state index in [0.717, 1.165) is 60.7 Å². The molecular weight excluding hydrogens is 364 g/mol. The first-order chi connectivity index (χ1) is 13.8. The van der Waals surface area contributed by atoms with Crippen molar-refractivity contribution in [3.63, 3.8) is 0 Å². The molecule has 1 aliphatic heterocycles. The van der Waals surface area contributed by atoms with Crippen LogP contribution in [0.15, 0.2) is 30.3 Å². The lowest BCUT2D eigenvalue weighted by molar-refractivity contribution is 0.556. The molecule has 4 heterocycles. The van der Waals surface area contributed by atoms with Crippen LogP contribution in [0.5, 0.6) is 0 Å². The number of aromatic nitrogens is 6. The van der Waals surface area contributed by atoms with Gasteiger partial charge < -0.3 is 9.80 Å². The quantitative estimate of drug-likeness (QED) is 0.678. The molecule has 0 N–H and O–H groups in total. The standard InChI is InChI=1S/C21H28N8/c1-15-14-16(2)29(26-15)20-9-8-19(24-25-20)28-12-10-27(11-13-28)18-7-6-17(22-23-18)21(3,4)5/h6-9,14H,10-13H2,1-5H3. The van der Waals surface area contributed by atoms with Gasteiger partial charge in [0.05, 0.1) is 11.4 Å². The van der Waals surface area contributed by atoms with Crippen molar-refractivity contribution in [3.8, 4) is 5.82 Å². The van der Waals surface area contributed by atoms with Crippen LogP contribution in [0.2, 0.25) is 0 Å². The number of piperazine rings is 1. The highest BCUT2D eigenvalue weighted by atomic mass is 15.4. The predicted octanol–water partition coefficient (Wildman–Crippen LogP) is 2.69. The molecule has 0 saturated carbocycles. The number of nitrogens with zero attached hydrogens (tertiary/aromatic N) is 8. The van der Waals surface area contributed by atoms with Crippen molar-refractivity contribution in [1.82, 2.24) is 30.2 Å². The third kappa shape index (κ3) is 4.06. The van der Waals surface area contributed by atoms with Gasteiger partial charge in [-0.05, 0) is 44.2 Å². The van der Waals surface area contributed by atoms with Crippen LogP contribution in [0.3, 0.4) is 0 Å². The number of rotatable bonds is 3. The Hall–Kier alpha value is -3.03. The van der Waals surface area contributed by atoms with E-state index in [0.29, 0.717) is 0 Å². The molecule has 29 heavy (non-hydrogen) atoms. The fourth-order valence-corrected chi connectivity index (χ4v) is 3.52. The summed E-state index contributed by atoms with van der Waals surface area (Å²) in [6.45, 7) is 13.9. The first-order valence-corrected chi connectivity index (χ1v) is 10.0. The summed E-state index contributed by atoms with van der Waals surface area (Å²) in [5.41, 5.74) is 3.06. The van der Waals surface area contributed by atoms with Gasteiger partial charge in [0.1, 0.15) is 0 Å². The summed E-state index contributed by atoms with van der Waals surface area (Å²) in [5.74, 6) is 2.57. The highest BCUT2D eigenvalue weighted by molar-refractivity contribution is 5.45. The Bertz CT molecular complexity index is 961. The number of hydrogen-bond acceptors (Lipinski definition) is 7. The van der Waals surface area contributed by atoms with Crippen molar-refractivity contribution >= 4 is 11.6 Å². The van der Waals surface area contributed by atoms with E-state index >= 15 is 0 Å². The summed E-state index contributed by atoms with van der Waals surface area (Å²) in [6, 6.07) is 10.2. The fraction of sp³-hybridized carbons (Fsp3) is 0.476. The third-order valence-electron chi connectivity index (χ3n) is 5.21. The number of anilines is 2. The van der Waals surface area contributed by atoms with Gasteiger partial charge in [-0.2, -0.15) is 10.2 Å². The predicted molar refractivity (Wildman–Crippen MR) is 114 cm³/mol. The van der Waals surface area contributed by atoms with Gasteiger partial charge in [0, 0.05) is 37.3 Å². The van der Waals surface area contributed by atoms with Gasteiger partial charge in [-0.3, -0.25) is 0 Å². The molecule has 0 amide bonds. The Kier molecular flexibility index (Phi) is 4.94. The first-order valence-electron chi connectivity index (χ1n) is 10.0. The molecule has 1 saturated heterocycles. The fourth-order valence-electron chi connectivity index (χ4n) is 3.52. The molecule has 152 valence electrons. The Morgan fingerprint density at radius 1 is 0.724 bits per heavy atom. The van der Waals surface area contributed by atoms with Crippen molar-refractivity contribution in [2.45, 2.75) is 40.0 Å². The molecule has 8 nitrogen and oxygen atoms in total. The lowest BCUT2D eigenvalue weighted by Crippen LogP contribution is -2.47. The van der Waals surface area contributed by atoms with Crippen LogP contribution >= 0.6 is 0 Å². The monoisotopic (exact) mass is 392 g/mol. The highest BCUT2D eigenvalue weighted by Crippen LogP contribution is 2.22. The van der Waals surface area contributed by atoms with E-state index in [-0.39, 0.29) is 5.41 Å². The van der Waals surface area contributed by atoms with Gasteiger partial charge in [-0.15, -0.1) is 15.3 Å². The van der Waals surface area contributed by atoms with Crippen LogP contribution in [0.1, 0.15) is 37.9 Å². The van der Waals surface area contributed by atoms with Crippen molar-refractivity contribution in [1.29, 1.82) is 0 Å². The summed E-state index contributed by atoms with van der Waals surface area (Å²) >= 11 is 0. The average Bonchev–Trinajstić information content (AvgIpc) is 3.06. The molecule has 3 aromatic heterocycles. The van der Waals surface area contributed by atoms with E-state index in [4.69, 9.17) is 0 Å². The Balaban J connectivity index is 1.40. The molecule has 4 rings (SSSR count). The second kappa shape index (κ2) is 7.42. The zero-order valence-electron chi connectivity index (χ0n) is 17.8. The molecule has 0 atom stereocenters. The summed E-state index contributed by atoms with van der Waals surface area (Å²) in [7, 11) is 0. The molecule has 1 aliphatic rings. The first kappa shape index (κ1) is 19.3. The number of hydrogen-bond donors (Lipinski definition) is 0. The van der Waals surface area contributed by atoms with Gasteiger partial charge in [0.2, 0.25) is 0 Å². The zero-order chi connectivity index (χ0) is 20.6. The molecule has 0 aromatic carbocycles. The molecular formula is C21H28N8. The minimum atomic E-state index is 0.0163. The van der Waals surface area contributed by atoms with Crippen LogP contribution in [0, 0.1) is 13.8 Å². The normalized spacial score (nSPS) is 15.1. The molecule has 8 heteroatoms. The molecule has 0 bridgehead atoms. The second-order valence-electron chi connectivity index (χ2n) is 8.59. The van der Waals surface area contributed by atoms with Crippen molar-refractivity contribution < 1.29 is 0 Å². The van der Waals surface area contributed by atoms with Crippen molar-refractivity contribution in [2.75, 3.05) is 36.0 Å². The maximum Gasteiger partial charge on any atom is 0.176 e. The van der Waals surface area contributed by atoms with E-state index in [1.54, 1.807) is 0 Å². The van der Waals surface area contributed by atoms with E-state index in [1.807, 2.05) is 36.7 Å². The van der Waals surface area contributed by atoms with Gasteiger partial charge in [0.15, 0.2) is 17.5 Å². The lowest BCUT2D eigenvalue weighted by atomic mass is 9.92. The molecule has 3 aromatic rings. The summed E-state index contributed by atoms with van der Waals surface area (Å²) in [5, 5.41) is 22.1. The van der Waals surface area contributed by atoms with E-state index < -0.39 is 0 Å². The van der Waals surface area contributed by atoms with Crippen LogP contribution in [-0.2, 0) is 5.41 Å². The van der Waals surface area contributed by atoms with E-state index in [1.165, 1.54) is 0 Å². The Morgan fingerprint density at radius 3 is 1.66 bits per heavy atom. The summed E-state index contributed by atoms with van der Waals surface area (Å²) in [6.07, 6.45) is 0. The van der Waals surface area contributed by atoms with Crippen molar-refractivity contribution in [3.05, 3.63) is 47.4 Å². The smallest absolute Gasteiger partial charge is 0.176 e. The molecule has 0 aliphatic carbocycles. The maximum absolute atomic E-state index is 4.47. The minimum Gasteiger partial charge on any atom is -0.352 e. The topological polar surface area (TPSA) is 75.9 Å². The number of aryl methyl sites for hydroxylation is 2. The van der Waals surface area contributed by atoms with Gasteiger partial charge >= 0.3 is 0 Å². The molecule has 0 spiro atoms. The maximum atomic E-state index is 4.47. The van der Waals surface area contributed by atoms with Gasteiger partial charge in [0.25, 0.3) is 0 Å². The molecule has 1 fully saturated rings. The van der Waals surface area contributed by atoms with E-state index in [9.17, 15) is 0 Å². The van der Waals surface area contributed by atoms with E-state index in [2.05, 4.69) is 68.2 Å². The van der Waals surface area contributed by atoms with Crippen LogP contribution in [0.25, 0.3) is 5.82 Å². The lowest BCUT2D eigenvalue weighted by Gasteiger charge is -2.35. The minimum absolute atomic E-state index is 0.0163. The summed E-state index contributed by atoms with van der Waals surface area (Å²) in [4.78, 5) is 4.53. The summed E-state index contributed by atoms with van der Waals surface area (Å²) < 4.78 is 1.82. The molecule has 0 radical (unpaired) electrons. The second-order valence-corrected chi connectivity index (χ2v) is 8.59. The van der Waals surface area contributed by atoms with Crippen molar-refractivity contribution in [2.24, 2.45) is 0 Å². The van der Waals surface area contributed by atoms with Crippen LogP contribution in [0.4, 0.5) is 11.6 Å². The Labute approximate surface area is 171 Å². The van der Waals surface area contributed by atoms with Gasteiger partial charge in [-0.1, -0.05) is 20.8 Å². The van der Waals surface area contributed by atoms with Crippen LogP contribution in [-0.4, -0.2) is 56.4 Å². The SMILES string of the molecule is Cc1cc(C)n(-c2ccc(N3CCN(c4ccc(C(C)(C)C)nn4)CC3)nn2)n1. The largest absolute Gasteiger partial charge is 0.352 e. The third-order valence-corrected chi connectivity index (χ3v) is 5.21. The zero-order valence-corrected chi connectivity index (χ0v) is 17.8. The highest BCUT2D eigenvalue weighted by Gasteiger charge is 2.21. The average molecular weight is 393 g/mol. The Morgan fingerprint density at radius 2 is 1.24 bits per heavy atom. The molecule has 0 unspecified atom stereocenters. The van der Waals surface area contributed by atoms with Crippen LogP contribution < -0.4 is 9.80 Å².